The second-order valence-electron chi connectivity index (χ2n) is 7.18. The van der Waals surface area contributed by atoms with Gasteiger partial charge in [-0.15, -0.1) is 0 Å². The molecule has 0 bridgehead atoms. The molecule has 1 aliphatic rings. The van der Waals surface area contributed by atoms with Gasteiger partial charge < -0.3 is 20.1 Å². The lowest BCUT2D eigenvalue weighted by Gasteiger charge is -2.26. The quantitative estimate of drug-likeness (QED) is 0.478. The molecule has 0 radical (unpaired) electrons. The first-order chi connectivity index (χ1) is 15.2. The van der Waals surface area contributed by atoms with E-state index in [1.165, 1.54) is 0 Å². The molecule has 0 spiro atoms. The van der Waals surface area contributed by atoms with Crippen LogP contribution in [0.2, 0.25) is 0 Å². The molecule has 7 heteroatoms. The number of carbonyl (C=O) groups is 2. The predicted octanol–water partition coefficient (Wildman–Crippen LogP) is 2.30. The van der Waals surface area contributed by atoms with E-state index in [9.17, 15) is 9.59 Å². The van der Waals surface area contributed by atoms with Crippen LogP contribution < -0.4 is 15.4 Å². The van der Waals surface area contributed by atoms with E-state index in [1.54, 1.807) is 37.5 Å². The zero-order valence-electron chi connectivity index (χ0n) is 17.8. The van der Waals surface area contributed by atoms with E-state index in [0.717, 1.165) is 39.3 Å². The van der Waals surface area contributed by atoms with Crippen molar-refractivity contribution in [3.63, 3.8) is 0 Å². The summed E-state index contributed by atoms with van der Waals surface area (Å²) in [5.74, 6) is -0.0588. The van der Waals surface area contributed by atoms with Gasteiger partial charge in [-0.25, -0.2) is 0 Å². The van der Waals surface area contributed by atoms with Gasteiger partial charge in [-0.3, -0.25) is 14.5 Å². The van der Waals surface area contributed by atoms with Crippen LogP contribution >= 0.6 is 0 Å². The summed E-state index contributed by atoms with van der Waals surface area (Å²) in [7, 11) is 1.57. The lowest BCUT2D eigenvalue weighted by Crippen LogP contribution is -2.39. The number of nitrogens with zero attached hydrogens (tertiary/aromatic N) is 1. The standard InChI is InChI=1S/C24H29N3O4/c1-30-22-11-6-5-10-20(22)18-21(26-23(28)19-8-3-2-4-9-19)24(29)25-12-7-13-27-14-16-31-17-15-27/h2-6,8-11,18H,7,12-17H2,1H3,(H,25,29)(H,26,28). The maximum Gasteiger partial charge on any atom is 0.267 e. The summed E-state index contributed by atoms with van der Waals surface area (Å²) >= 11 is 0. The summed E-state index contributed by atoms with van der Waals surface area (Å²) in [5.41, 5.74) is 1.36. The minimum atomic E-state index is -0.342. The highest BCUT2D eigenvalue weighted by molar-refractivity contribution is 6.05. The van der Waals surface area contributed by atoms with Crippen molar-refractivity contribution < 1.29 is 19.1 Å². The van der Waals surface area contributed by atoms with Crippen molar-refractivity contribution in [1.29, 1.82) is 0 Å². The Balaban J connectivity index is 1.67. The minimum absolute atomic E-state index is 0.171. The predicted molar refractivity (Wildman–Crippen MR) is 120 cm³/mol. The van der Waals surface area contributed by atoms with Crippen LogP contribution in [0.5, 0.6) is 5.75 Å². The van der Waals surface area contributed by atoms with Gasteiger partial charge in [-0.05, 0) is 37.2 Å². The highest BCUT2D eigenvalue weighted by Gasteiger charge is 2.16. The molecule has 2 amide bonds. The number of amides is 2. The molecule has 1 heterocycles. The van der Waals surface area contributed by atoms with E-state index < -0.39 is 0 Å². The van der Waals surface area contributed by atoms with E-state index in [0.29, 0.717) is 23.4 Å². The Bertz CT molecular complexity index is 893. The molecule has 164 valence electrons. The average molecular weight is 424 g/mol. The van der Waals surface area contributed by atoms with E-state index in [1.807, 2.05) is 30.3 Å². The lowest BCUT2D eigenvalue weighted by molar-refractivity contribution is -0.117. The number of ether oxygens (including phenoxy) is 2. The van der Waals surface area contributed by atoms with Crippen LogP contribution in [0.1, 0.15) is 22.3 Å². The molecule has 1 fully saturated rings. The van der Waals surface area contributed by atoms with Crippen LogP contribution in [0.25, 0.3) is 6.08 Å². The summed E-state index contributed by atoms with van der Waals surface area (Å²) in [5, 5.41) is 5.67. The first-order valence-electron chi connectivity index (χ1n) is 10.5. The molecule has 1 aliphatic heterocycles. The third-order valence-corrected chi connectivity index (χ3v) is 5.01. The number of nitrogens with one attached hydrogen (secondary N) is 2. The fourth-order valence-electron chi connectivity index (χ4n) is 3.31. The fourth-order valence-corrected chi connectivity index (χ4v) is 3.31. The SMILES string of the molecule is COc1ccccc1C=C(NC(=O)c1ccccc1)C(=O)NCCCN1CCOCC1. The van der Waals surface area contributed by atoms with Gasteiger partial charge >= 0.3 is 0 Å². The second kappa shape index (κ2) is 11.9. The lowest BCUT2D eigenvalue weighted by atomic mass is 10.1. The van der Waals surface area contributed by atoms with Gasteiger partial charge in [0.05, 0.1) is 20.3 Å². The molecule has 0 saturated carbocycles. The van der Waals surface area contributed by atoms with Gasteiger partial charge in [0.15, 0.2) is 0 Å². The van der Waals surface area contributed by atoms with Gasteiger partial charge in [0.25, 0.3) is 11.8 Å². The third kappa shape index (κ3) is 6.94. The zero-order valence-corrected chi connectivity index (χ0v) is 17.8. The number of methoxy groups -OCH3 is 1. The van der Waals surface area contributed by atoms with Crippen molar-refractivity contribution >= 4 is 17.9 Å². The Morgan fingerprint density at radius 1 is 1.06 bits per heavy atom. The number of benzene rings is 2. The maximum absolute atomic E-state index is 12.9. The Kier molecular flexibility index (Phi) is 8.63. The van der Waals surface area contributed by atoms with Gasteiger partial charge in [-0.1, -0.05) is 36.4 Å². The summed E-state index contributed by atoms with van der Waals surface area (Å²) in [6.07, 6.45) is 2.46. The van der Waals surface area contributed by atoms with E-state index in [2.05, 4.69) is 15.5 Å². The van der Waals surface area contributed by atoms with Gasteiger partial charge in [0, 0.05) is 30.8 Å². The number of hydrogen-bond acceptors (Lipinski definition) is 5. The van der Waals surface area contributed by atoms with Crippen molar-refractivity contribution in [3.05, 3.63) is 71.4 Å². The summed E-state index contributed by atoms with van der Waals surface area (Å²) in [6, 6.07) is 16.2. The van der Waals surface area contributed by atoms with E-state index in [-0.39, 0.29) is 17.5 Å². The van der Waals surface area contributed by atoms with Crippen molar-refractivity contribution in [2.75, 3.05) is 46.5 Å². The minimum Gasteiger partial charge on any atom is -0.496 e. The monoisotopic (exact) mass is 423 g/mol. The number of carbonyl (C=O) groups excluding carboxylic acids is 2. The van der Waals surface area contributed by atoms with Crippen LogP contribution in [0, 0.1) is 0 Å². The van der Waals surface area contributed by atoms with Gasteiger partial charge in [-0.2, -0.15) is 0 Å². The van der Waals surface area contributed by atoms with E-state index >= 15 is 0 Å². The normalized spacial score (nSPS) is 14.7. The van der Waals surface area contributed by atoms with Crippen molar-refractivity contribution in [2.45, 2.75) is 6.42 Å². The summed E-state index contributed by atoms with van der Waals surface area (Å²) in [4.78, 5) is 27.9. The summed E-state index contributed by atoms with van der Waals surface area (Å²) < 4.78 is 10.7. The molecule has 0 unspecified atom stereocenters. The first kappa shape index (κ1) is 22.5. The molecule has 2 aromatic carbocycles. The molecule has 1 saturated heterocycles. The highest BCUT2D eigenvalue weighted by atomic mass is 16.5. The highest BCUT2D eigenvalue weighted by Crippen LogP contribution is 2.20. The van der Waals surface area contributed by atoms with Crippen molar-refractivity contribution in [1.82, 2.24) is 15.5 Å². The Morgan fingerprint density at radius 2 is 1.77 bits per heavy atom. The van der Waals surface area contributed by atoms with Gasteiger partial charge in [0.2, 0.25) is 0 Å². The van der Waals surface area contributed by atoms with Crippen LogP contribution in [0.4, 0.5) is 0 Å². The zero-order chi connectivity index (χ0) is 21.9. The van der Waals surface area contributed by atoms with Crippen LogP contribution in [-0.2, 0) is 9.53 Å². The largest absolute Gasteiger partial charge is 0.496 e. The fraction of sp³-hybridized carbons (Fsp3) is 0.333. The molecule has 0 aliphatic carbocycles. The molecule has 0 atom stereocenters. The number of hydrogen-bond donors (Lipinski definition) is 2. The molecular formula is C24H29N3O4. The molecule has 3 rings (SSSR count). The smallest absolute Gasteiger partial charge is 0.267 e. The first-order valence-corrected chi connectivity index (χ1v) is 10.5. The third-order valence-electron chi connectivity index (χ3n) is 5.01. The Morgan fingerprint density at radius 3 is 2.52 bits per heavy atom. The second-order valence-corrected chi connectivity index (χ2v) is 7.18. The van der Waals surface area contributed by atoms with Crippen LogP contribution in [-0.4, -0.2) is 63.2 Å². The Hall–Kier alpha value is -3.16. The molecular weight excluding hydrogens is 394 g/mol. The Labute approximate surface area is 183 Å². The average Bonchev–Trinajstić information content (AvgIpc) is 2.82. The van der Waals surface area contributed by atoms with Gasteiger partial charge in [0.1, 0.15) is 11.4 Å². The number of para-hydroxylation sites is 1. The van der Waals surface area contributed by atoms with E-state index in [4.69, 9.17) is 9.47 Å². The number of rotatable bonds is 9. The maximum atomic E-state index is 12.9. The molecule has 0 aromatic heterocycles. The summed E-state index contributed by atoms with van der Waals surface area (Å²) in [6.45, 7) is 4.75. The topological polar surface area (TPSA) is 79.9 Å². The van der Waals surface area contributed by atoms with Crippen molar-refractivity contribution in [2.24, 2.45) is 0 Å². The number of morpholine rings is 1. The molecule has 2 N–H and O–H groups in total. The van der Waals surface area contributed by atoms with Crippen LogP contribution in [0.15, 0.2) is 60.3 Å². The molecule has 2 aromatic rings. The molecule has 31 heavy (non-hydrogen) atoms. The van der Waals surface area contributed by atoms with Crippen LogP contribution in [0.3, 0.4) is 0 Å². The molecule has 7 nitrogen and oxygen atoms in total. The van der Waals surface area contributed by atoms with Crippen molar-refractivity contribution in [3.8, 4) is 5.75 Å².